The smallest absolute Gasteiger partial charge is 0.107 e. The topological polar surface area (TPSA) is 47.8 Å². The summed E-state index contributed by atoms with van der Waals surface area (Å²) in [4.78, 5) is 9.88. The van der Waals surface area contributed by atoms with Crippen molar-refractivity contribution in [2.75, 3.05) is 5.75 Å². The third-order valence-corrected chi connectivity index (χ3v) is 5.64. The van der Waals surface area contributed by atoms with Crippen LogP contribution in [0.3, 0.4) is 0 Å². The van der Waals surface area contributed by atoms with Gasteiger partial charge in [0.15, 0.2) is 0 Å². The first-order chi connectivity index (χ1) is 11.1. The number of pyridine rings is 1. The van der Waals surface area contributed by atoms with Crippen molar-refractivity contribution < 1.29 is 4.21 Å². The van der Waals surface area contributed by atoms with Gasteiger partial charge in [-0.05, 0) is 44.9 Å². The Morgan fingerprint density at radius 1 is 1.13 bits per heavy atom. The molecule has 1 aromatic carbocycles. The number of imidazole rings is 1. The van der Waals surface area contributed by atoms with Crippen LogP contribution in [0, 0.1) is 20.8 Å². The molecule has 1 unspecified atom stereocenters. The molecule has 0 spiro atoms. The van der Waals surface area contributed by atoms with Gasteiger partial charge in [0, 0.05) is 22.9 Å². The minimum Gasteiger partial charge on any atom is -0.328 e. The summed E-state index contributed by atoms with van der Waals surface area (Å²) >= 11 is 0. The fraction of sp³-hybridized carbons (Fsp3) is 0.333. The van der Waals surface area contributed by atoms with E-state index in [1.807, 2.05) is 50.4 Å². The molecule has 0 bridgehead atoms. The number of rotatable bonds is 5. The second-order valence-electron chi connectivity index (χ2n) is 5.73. The minimum atomic E-state index is -0.941. The van der Waals surface area contributed by atoms with Gasteiger partial charge in [0.2, 0.25) is 0 Å². The molecule has 120 valence electrons. The minimum absolute atomic E-state index is 0.659. The highest BCUT2D eigenvalue weighted by atomic mass is 32.2. The lowest BCUT2D eigenvalue weighted by atomic mass is 10.2. The maximum atomic E-state index is 12.3. The van der Waals surface area contributed by atoms with Gasteiger partial charge in [-0.25, -0.2) is 4.98 Å². The molecule has 3 aromatic rings. The van der Waals surface area contributed by atoms with Crippen molar-refractivity contribution in [2.24, 2.45) is 0 Å². The summed E-state index contributed by atoms with van der Waals surface area (Å²) in [5.74, 6) is 1.65. The van der Waals surface area contributed by atoms with Crippen molar-refractivity contribution in [3.8, 4) is 0 Å². The highest BCUT2D eigenvalue weighted by Crippen LogP contribution is 2.21. The van der Waals surface area contributed by atoms with Crippen molar-refractivity contribution in [1.29, 1.82) is 0 Å². The van der Waals surface area contributed by atoms with E-state index in [4.69, 9.17) is 0 Å². The van der Waals surface area contributed by atoms with E-state index >= 15 is 0 Å². The van der Waals surface area contributed by atoms with E-state index in [2.05, 4.69) is 21.5 Å². The molecule has 0 aliphatic rings. The van der Waals surface area contributed by atoms with Crippen LogP contribution in [0.4, 0.5) is 0 Å². The van der Waals surface area contributed by atoms with Gasteiger partial charge in [0.25, 0.3) is 0 Å². The van der Waals surface area contributed by atoms with E-state index in [-0.39, 0.29) is 0 Å². The number of nitrogens with zero attached hydrogens (tertiary/aromatic N) is 3. The van der Waals surface area contributed by atoms with E-state index in [9.17, 15) is 4.21 Å². The quantitative estimate of drug-likeness (QED) is 0.720. The highest BCUT2D eigenvalue weighted by molar-refractivity contribution is 7.85. The maximum Gasteiger partial charge on any atom is 0.107 e. The molecule has 2 heterocycles. The lowest BCUT2D eigenvalue weighted by Gasteiger charge is -2.09. The predicted molar refractivity (Wildman–Crippen MR) is 94.1 cm³/mol. The summed E-state index contributed by atoms with van der Waals surface area (Å²) in [5, 5.41) is 0. The van der Waals surface area contributed by atoms with Gasteiger partial charge in [0.1, 0.15) is 11.3 Å². The number of hydrogen-bond acceptors (Lipinski definition) is 3. The number of fused-ring (bicyclic) bond motifs is 1. The molecule has 0 N–H and O–H groups in total. The van der Waals surface area contributed by atoms with Crippen LogP contribution < -0.4 is 0 Å². The SMILES string of the molecule is Cc1ncc2nc(C)n(CCCS(=O)c3ccccc3)c2c1C. The van der Waals surface area contributed by atoms with Gasteiger partial charge in [-0.3, -0.25) is 9.19 Å². The highest BCUT2D eigenvalue weighted by Gasteiger charge is 2.12. The Kier molecular flexibility index (Phi) is 4.57. The van der Waals surface area contributed by atoms with Crippen LogP contribution in [-0.4, -0.2) is 24.5 Å². The number of hydrogen-bond donors (Lipinski definition) is 0. The molecule has 0 saturated heterocycles. The van der Waals surface area contributed by atoms with E-state index in [1.54, 1.807) is 0 Å². The van der Waals surface area contributed by atoms with Crippen LogP contribution in [0.1, 0.15) is 23.5 Å². The molecule has 4 nitrogen and oxygen atoms in total. The molecule has 23 heavy (non-hydrogen) atoms. The number of benzene rings is 1. The van der Waals surface area contributed by atoms with Crippen molar-refractivity contribution in [1.82, 2.24) is 14.5 Å². The van der Waals surface area contributed by atoms with Crippen molar-refractivity contribution in [3.05, 3.63) is 53.6 Å². The largest absolute Gasteiger partial charge is 0.328 e. The summed E-state index contributed by atoms with van der Waals surface area (Å²) in [6, 6.07) is 9.65. The predicted octanol–water partition coefficient (Wildman–Crippen LogP) is 3.55. The Morgan fingerprint density at radius 2 is 1.87 bits per heavy atom. The van der Waals surface area contributed by atoms with E-state index in [0.29, 0.717) is 5.75 Å². The van der Waals surface area contributed by atoms with Crippen molar-refractivity contribution >= 4 is 21.8 Å². The molecular weight excluding hydrogens is 306 g/mol. The fourth-order valence-electron chi connectivity index (χ4n) is 2.82. The van der Waals surface area contributed by atoms with Crippen LogP contribution >= 0.6 is 0 Å². The Balaban J connectivity index is 1.76. The summed E-state index contributed by atoms with van der Waals surface area (Å²) in [7, 11) is -0.941. The van der Waals surface area contributed by atoms with Crippen molar-refractivity contribution in [2.45, 2.75) is 38.6 Å². The summed E-state index contributed by atoms with van der Waals surface area (Å²) < 4.78 is 14.5. The first-order valence-electron chi connectivity index (χ1n) is 7.80. The van der Waals surface area contributed by atoms with E-state index in [1.165, 1.54) is 5.56 Å². The van der Waals surface area contributed by atoms with E-state index in [0.717, 1.165) is 40.4 Å². The third kappa shape index (κ3) is 3.20. The zero-order chi connectivity index (χ0) is 16.4. The Bertz CT molecular complexity index is 856. The molecule has 5 heteroatoms. The molecule has 0 amide bonds. The molecule has 2 aromatic heterocycles. The molecular formula is C18H21N3OS. The Labute approximate surface area is 139 Å². The van der Waals surface area contributed by atoms with Crippen LogP contribution in [0.25, 0.3) is 11.0 Å². The molecule has 0 saturated carbocycles. The molecule has 3 rings (SSSR count). The van der Waals surface area contributed by atoms with E-state index < -0.39 is 10.8 Å². The van der Waals surface area contributed by atoms with Crippen LogP contribution in [0.5, 0.6) is 0 Å². The fourth-order valence-corrected chi connectivity index (χ4v) is 3.90. The van der Waals surface area contributed by atoms with Gasteiger partial charge < -0.3 is 4.57 Å². The van der Waals surface area contributed by atoms with Gasteiger partial charge in [-0.1, -0.05) is 18.2 Å². The summed E-state index contributed by atoms with van der Waals surface area (Å²) in [6.07, 6.45) is 2.69. The summed E-state index contributed by atoms with van der Waals surface area (Å²) in [5.41, 5.74) is 4.30. The van der Waals surface area contributed by atoms with Crippen LogP contribution in [0.2, 0.25) is 0 Å². The van der Waals surface area contributed by atoms with Crippen LogP contribution in [0.15, 0.2) is 41.4 Å². The monoisotopic (exact) mass is 327 g/mol. The number of aromatic nitrogens is 3. The maximum absolute atomic E-state index is 12.3. The lowest BCUT2D eigenvalue weighted by Crippen LogP contribution is -2.07. The van der Waals surface area contributed by atoms with Gasteiger partial charge in [-0.2, -0.15) is 0 Å². The van der Waals surface area contributed by atoms with Gasteiger partial charge in [0.05, 0.1) is 22.5 Å². The zero-order valence-electron chi connectivity index (χ0n) is 13.7. The third-order valence-electron chi connectivity index (χ3n) is 4.18. The Hall–Kier alpha value is -2.01. The summed E-state index contributed by atoms with van der Waals surface area (Å²) in [6.45, 7) is 6.95. The normalized spacial score (nSPS) is 12.7. The van der Waals surface area contributed by atoms with Crippen molar-refractivity contribution in [3.63, 3.8) is 0 Å². The lowest BCUT2D eigenvalue weighted by molar-refractivity contribution is 0.656. The molecule has 0 fully saturated rings. The van der Waals surface area contributed by atoms with Gasteiger partial charge >= 0.3 is 0 Å². The van der Waals surface area contributed by atoms with Gasteiger partial charge in [-0.15, -0.1) is 0 Å². The standard InChI is InChI=1S/C18H21N3OS/c1-13-14(2)19-12-17-18(13)21(15(3)20-17)10-7-11-23(22)16-8-5-4-6-9-16/h4-6,8-9,12H,7,10-11H2,1-3H3. The number of aryl methyl sites for hydroxylation is 4. The second kappa shape index (κ2) is 6.62. The zero-order valence-corrected chi connectivity index (χ0v) is 14.6. The Morgan fingerprint density at radius 3 is 2.61 bits per heavy atom. The average molecular weight is 327 g/mol. The van der Waals surface area contributed by atoms with Crippen LogP contribution in [-0.2, 0) is 17.3 Å². The second-order valence-corrected chi connectivity index (χ2v) is 7.30. The molecule has 0 aliphatic heterocycles. The first kappa shape index (κ1) is 15.9. The first-order valence-corrected chi connectivity index (χ1v) is 9.12. The molecule has 0 radical (unpaired) electrons. The average Bonchev–Trinajstić information content (AvgIpc) is 2.88. The molecule has 1 atom stereocenters. The molecule has 0 aliphatic carbocycles.